The van der Waals surface area contributed by atoms with E-state index in [1.165, 1.54) is 11.6 Å². The van der Waals surface area contributed by atoms with Gasteiger partial charge in [-0.25, -0.2) is 4.39 Å². The molecule has 0 fully saturated rings. The summed E-state index contributed by atoms with van der Waals surface area (Å²) in [6.07, 6.45) is 1.71. The standard InChI is InChI=1S/C17H18BrClFN/c1-2-10-21-16(12-6-8-14(18)9-7-12)11-13-4-3-5-15(20)17(13)19/h3-9,16,21H,2,10-11H2,1H3. The molecule has 0 radical (unpaired) electrons. The number of benzene rings is 2. The fourth-order valence-electron chi connectivity index (χ4n) is 2.25. The molecule has 2 rings (SSSR count). The number of nitrogens with one attached hydrogen (secondary N) is 1. The molecule has 4 heteroatoms. The van der Waals surface area contributed by atoms with Crippen molar-refractivity contribution in [3.63, 3.8) is 0 Å². The topological polar surface area (TPSA) is 12.0 Å². The van der Waals surface area contributed by atoms with Crippen molar-refractivity contribution in [3.05, 3.63) is 68.9 Å². The summed E-state index contributed by atoms with van der Waals surface area (Å²) in [6, 6.07) is 13.3. The van der Waals surface area contributed by atoms with Crippen LogP contribution in [0.1, 0.15) is 30.5 Å². The minimum absolute atomic E-state index is 0.123. The Kier molecular flexibility index (Phi) is 6.22. The first-order valence-electron chi connectivity index (χ1n) is 7.03. The zero-order valence-corrected chi connectivity index (χ0v) is 14.2. The van der Waals surface area contributed by atoms with Gasteiger partial charge in [-0.1, -0.05) is 58.7 Å². The average Bonchev–Trinajstić information content (AvgIpc) is 2.49. The van der Waals surface area contributed by atoms with Crippen molar-refractivity contribution in [2.24, 2.45) is 0 Å². The van der Waals surface area contributed by atoms with Crippen LogP contribution >= 0.6 is 27.5 Å². The van der Waals surface area contributed by atoms with Crippen molar-refractivity contribution in [1.82, 2.24) is 5.32 Å². The minimum Gasteiger partial charge on any atom is -0.310 e. The normalized spacial score (nSPS) is 12.4. The van der Waals surface area contributed by atoms with Gasteiger partial charge in [-0.05, 0) is 48.7 Å². The molecule has 0 saturated carbocycles. The second-order valence-corrected chi connectivity index (χ2v) is 6.27. The van der Waals surface area contributed by atoms with Crippen LogP contribution < -0.4 is 5.32 Å². The lowest BCUT2D eigenvalue weighted by molar-refractivity contribution is 0.527. The first kappa shape index (κ1) is 16.5. The number of halogens is 3. The van der Waals surface area contributed by atoms with E-state index < -0.39 is 0 Å². The SMILES string of the molecule is CCCNC(Cc1cccc(F)c1Cl)c1ccc(Br)cc1. The van der Waals surface area contributed by atoms with Crippen molar-refractivity contribution < 1.29 is 4.39 Å². The molecule has 0 aliphatic rings. The predicted molar refractivity (Wildman–Crippen MR) is 90.3 cm³/mol. The first-order chi connectivity index (χ1) is 10.1. The molecule has 0 heterocycles. The summed E-state index contributed by atoms with van der Waals surface area (Å²) in [5.74, 6) is -0.362. The third kappa shape index (κ3) is 4.53. The summed E-state index contributed by atoms with van der Waals surface area (Å²) in [4.78, 5) is 0. The summed E-state index contributed by atoms with van der Waals surface area (Å²) < 4.78 is 14.6. The third-order valence-corrected chi connectivity index (χ3v) is 4.32. The number of hydrogen-bond acceptors (Lipinski definition) is 1. The summed E-state index contributed by atoms with van der Waals surface area (Å²) in [6.45, 7) is 3.04. The molecule has 0 aliphatic carbocycles. The second kappa shape index (κ2) is 7.92. The first-order valence-corrected chi connectivity index (χ1v) is 8.20. The van der Waals surface area contributed by atoms with E-state index in [0.717, 1.165) is 23.0 Å². The van der Waals surface area contributed by atoms with Gasteiger partial charge in [0.1, 0.15) is 5.82 Å². The Balaban J connectivity index is 2.23. The Bertz CT molecular complexity index is 586. The van der Waals surface area contributed by atoms with Gasteiger partial charge in [0.25, 0.3) is 0 Å². The lowest BCUT2D eigenvalue weighted by atomic mass is 9.98. The van der Waals surface area contributed by atoms with Crippen molar-refractivity contribution in [2.75, 3.05) is 6.54 Å². The van der Waals surface area contributed by atoms with E-state index in [1.807, 2.05) is 18.2 Å². The van der Waals surface area contributed by atoms with Crippen LogP contribution in [0.25, 0.3) is 0 Å². The fourth-order valence-corrected chi connectivity index (χ4v) is 2.72. The van der Waals surface area contributed by atoms with Crippen molar-refractivity contribution in [2.45, 2.75) is 25.8 Å². The lowest BCUT2D eigenvalue weighted by Crippen LogP contribution is -2.24. The van der Waals surface area contributed by atoms with Crippen LogP contribution in [0, 0.1) is 5.82 Å². The summed E-state index contributed by atoms with van der Waals surface area (Å²) >= 11 is 9.52. The van der Waals surface area contributed by atoms with Crippen LogP contribution in [0.15, 0.2) is 46.9 Å². The van der Waals surface area contributed by atoms with E-state index in [1.54, 1.807) is 6.07 Å². The summed E-state index contributed by atoms with van der Waals surface area (Å²) in [5, 5.41) is 3.72. The Labute approximate surface area is 138 Å². The molecule has 1 N–H and O–H groups in total. The molecule has 0 bridgehead atoms. The maximum atomic E-state index is 13.6. The van der Waals surface area contributed by atoms with Gasteiger partial charge in [-0.3, -0.25) is 0 Å². The highest BCUT2D eigenvalue weighted by Gasteiger charge is 2.15. The highest BCUT2D eigenvalue weighted by Crippen LogP contribution is 2.26. The van der Waals surface area contributed by atoms with Gasteiger partial charge in [-0.15, -0.1) is 0 Å². The fraction of sp³-hybridized carbons (Fsp3) is 0.294. The Morgan fingerprint density at radius 2 is 1.90 bits per heavy atom. The van der Waals surface area contributed by atoms with Gasteiger partial charge >= 0.3 is 0 Å². The largest absolute Gasteiger partial charge is 0.310 e. The maximum Gasteiger partial charge on any atom is 0.142 e. The van der Waals surface area contributed by atoms with Crippen LogP contribution in [0.3, 0.4) is 0 Å². The van der Waals surface area contributed by atoms with Crippen LogP contribution in [-0.4, -0.2) is 6.54 Å². The van der Waals surface area contributed by atoms with E-state index in [-0.39, 0.29) is 16.9 Å². The van der Waals surface area contributed by atoms with Crippen molar-refractivity contribution in [3.8, 4) is 0 Å². The molecular weight excluding hydrogens is 353 g/mol. The summed E-state index contributed by atoms with van der Waals surface area (Å²) in [5.41, 5.74) is 2.00. The van der Waals surface area contributed by atoms with E-state index >= 15 is 0 Å². The molecular formula is C17H18BrClFN. The minimum atomic E-state index is -0.362. The molecule has 2 aromatic rings. The quantitative estimate of drug-likeness (QED) is 0.705. The third-order valence-electron chi connectivity index (χ3n) is 3.37. The Morgan fingerprint density at radius 1 is 1.19 bits per heavy atom. The van der Waals surface area contributed by atoms with E-state index in [0.29, 0.717) is 6.42 Å². The van der Waals surface area contributed by atoms with Crippen LogP contribution in [-0.2, 0) is 6.42 Å². The summed E-state index contributed by atoms with van der Waals surface area (Å²) in [7, 11) is 0. The van der Waals surface area contributed by atoms with Gasteiger partial charge in [0, 0.05) is 10.5 Å². The molecule has 0 amide bonds. The van der Waals surface area contributed by atoms with E-state index in [2.05, 4.69) is 40.3 Å². The Morgan fingerprint density at radius 3 is 2.57 bits per heavy atom. The molecule has 1 unspecified atom stereocenters. The predicted octanol–water partition coefficient (Wildman–Crippen LogP) is 5.53. The van der Waals surface area contributed by atoms with Gasteiger partial charge < -0.3 is 5.32 Å². The van der Waals surface area contributed by atoms with Gasteiger partial charge in [0.2, 0.25) is 0 Å². The van der Waals surface area contributed by atoms with Crippen LogP contribution in [0.4, 0.5) is 4.39 Å². The molecule has 0 aromatic heterocycles. The Hall–Kier alpha value is -0.900. The molecule has 1 nitrogen and oxygen atoms in total. The maximum absolute atomic E-state index is 13.6. The highest BCUT2D eigenvalue weighted by molar-refractivity contribution is 9.10. The van der Waals surface area contributed by atoms with Crippen molar-refractivity contribution in [1.29, 1.82) is 0 Å². The molecule has 112 valence electrons. The van der Waals surface area contributed by atoms with Crippen LogP contribution in [0.2, 0.25) is 5.02 Å². The van der Waals surface area contributed by atoms with Gasteiger partial charge in [0.15, 0.2) is 0 Å². The highest BCUT2D eigenvalue weighted by atomic mass is 79.9. The number of hydrogen-bond donors (Lipinski definition) is 1. The monoisotopic (exact) mass is 369 g/mol. The zero-order valence-electron chi connectivity index (χ0n) is 11.9. The smallest absolute Gasteiger partial charge is 0.142 e. The molecule has 0 saturated heterocycles. The lowest BCUT2D eigenvalue weighted by Gasteiger charge is -2.20. The van der Waals surface area contributed by atoms with Gasteiger partial charge in [0.05, 0.1) is 5.02 Å². The second-order valence-electron chi connectivity index (χ2n) is 4.98. The van der Waals surface area contributed by atoms with Crippen LogP contribution in [0.5, 0.6) is 0 Å². The average molecular weight is 371 g/mol. The molecule has 0 aliphatic heterocycles. The van der Waals surface area contributed by atoms with E-state index in [9.17, 15) is 4.39 Å². The zero-order chi connectivity index (χ0) is 15.2. The van der Waals surface area contributed by atoms with Gasteiger partial charge in [-0.2, -0.15) is 0 Å². The molecule has 1 atom stereocenters. The molecule has 2 aromatic carbocycles. The van der Waals surface area contributed by atoms with Crippen molar-refractivity contribution >= 4 is 27.5 Å². The van der Waals surface area contributed by atoms with E-state index in [4.69, 9.17) is 11.6 Å². The molecule has 21 heavy (non-hydrogen) atoms. The molecule has 0 spiro atoms. The number of rotatable bonds is 6.